The molecule has 15 heavy (non-hydrogen) atoms. The van der Waals surface area contributed by atoms with Gasteiger partial charge in [0, 0.05) is 6.54 Å². The normalized spacial score (nSPS) is 21.8. The molecule has 1 aliphatic heterocycles. The van der Waals surface area contributed by atoms with Gasteiger partial charge in [-0.05, 0) is 57.3 Å². The zero-order chi connectivity index (χ0) is 11.1. The van der Waals surface area contributed by atoms with Gasteiger partial charge in [-0.1, -0.05) is 20.8 Å². The number of nitrogens with zero attached hydrogens (tertiary/aromatic N) is 1. The third-order valence-corrected chi connectivity index (χ3v) is 3.31. The molecular weight excluding hydrogens is 184 g/mol. The Hall–Kier alpha value is -0.0800. The molecule has 0 aliphatic carbocycles. The number of piperidine rings is 1. The minimum absolute atomic E-state index is 0.555. The molecular formula is C13H28N2. The summed E-state index contributed by atoms with van der Waals surface area (Å²) in [5.41, 5.74) is 0.555. The molecule has 1 fully saturated rings. The minimum atomic E-state index is 0.555. The highest BCUT2D eigenvalue weighted by atomic mass is 15.1. The molecule has 0 saturated carbocycles. The summed E-state index contributed by atoms with van der Waals surface area (Å²) in [6.45, 7) is 13.2. The van der Waals surface area contributed by atoms with Gasteiger partial charge in [-0.2, -0.15) is 0 Å². The lowest BCUT2D eigenvalue weighted by molar-refractivity contribution is 0.116. The smallest absolute Gasteiger partial charge is 0.00327 e. The van der Waals surface area contributed by atoms with Gasteiger partial charge in [-0.25, -0.2) is 0 Å². The Kier molecular flexibility index (Phi) is 5.62. The van der Waals surface area contributed by atoms with Crippen LogP contribution in [0.5, 0.6) is 0 Å². The molecule has 0 aromatic carbocycles. The molecule has 1 N–H and O–H groups in total. The first-order valence-electron chi connectivity index (χ1n) is 6.57. The van der Waals surface area contributed by atoms with E-state index in [0.29, 0.717) is 5.41 Å². The standard InChI is InChI=1S/C13H28N2/c1-4-14-9-5-6-10-15-11-7-8-13(2,3)12-15/h14H,4-12H2,1-3H3. The maximum atomic E-state index is 3.38. The molecule has 0 amide bonds. The van der Waals surface area contributed by atoms with Crippen LogP contribution in [-0.2, 0) is 0 Å². The summed E-state index contributed by atoms with van der Waals surface area (Å²) in [6, 6.07) is 0. The summed E-state index contributed by atoms with van der Waals surface area (Å²) in [5, 5.41) is 3.38. The molecule has 90 valence electrons. The van der Waals surface area contributed by atoms with E-state index in [4.69, 9.17) is 0 Å². The second-order valence-corrected chi connectivity index (χ2v) is 5.60. The first-order valence-corrected chi connectivity index (χ1v) is 6.57. The van der Waals surface area contributed by atoms with Crippen molar-refractivity contribution in [1.82, 2.24) is 10.2 Å². The second-order valence-electron chi connectivity index (χ2n) is 5.60. The SMILES string of the molecule is CCNCCCCN1CCCC(C)(C)C1. The van der Waals surface area contributed by atoms with E-state index in [0.717, 1.165) is 6.54 Å². The van der Waals surface area contributed by atoms with Crippen LogP contribution >= 0.6 is 0 Å². The summed E-state index contributed by atoms with van der Waals surface area (Å²) < 4.78 is 0. The number of hydrogen-bond acceptors (Lipinski definition) is 2. The van der Waals surface area contributed by atoms with Crippen LogP contribution in [0.4, 0.5) is 0 Å². The monoisotopic (exact) mass is 212 g/mol. The van der Waals surface area contributed by atoms with Crippen LogP contribution in [0.1, 0.15) is 46.5 Å². The van der Waals surface area contributed by atoms with E-state index in [9.17, 15) is 0 Å². The van der Waals surface area contributed by atoms with Crippen molar-refractivity contribution in [3.05, 3.63) is 0 Å². The highest BCUT2D eigenvalue weighted by molar-refractivity contribution is 4.79. The van der Waals surface area contributed by atoms with Crippen LogP contribution in [0.3, 0.4) is 0 Å². The van der Waals surface area contributed by atoms with E-state index < -0.39 is 0 Å². The minimum Gasteiger partial charge on any atom is -0.317 e. The quantitative estimate of drug-likeness (QED) is 0.681. The van der Waals surface area contributed by atoms with Gasteiger partial charge in [0.15, 0.2) is 0 Å². The predicted octanol–water partition coefficient (Wildman–Crippen LogP) is 2.50. The molecule has 1 heterocycles. The van der Waals surface area contributed by atoms with Gasteiger partial charge in [0.1, 0.15) is 0 Å². The van der Waals surface area contributed by atoms with Gasteiger partial charge in [-0.15, -0.1) is 0 Å². The number of unbranched alkanes of at least 4 members (excludes halogenated alkanes) is 1. The molecule has 0 radical (unpaired) electrons. The van der Waals surface area contributed by atoms with Crippen molar-refractivity contribution < 1.29 is 0 Å². The maximum absolute atomic E-state index is 3.38. The van der Waals surface area contributed by atoms with Gasteiger partial charge < -0.3 is 10.2 Å². The van der Waals surface area contributed by atoms with E-state index in [2.05, 4.69) is 31.0 Å². The fourth-order valence-electron chi connectivity index (χ4n) is 2.50. The van der Waals surface area contributed by atoms with E-state index in [-0.39, 0.29) is 0 Å². The van der Waals surface area contributed by atoms with E-state index in [1.54, 1.807) is 0 Å². The van der Waals surface area contributed by atoms with E-state index >= 15 is 0 Å². The molecule has 0 spiro atoms. The van der Waals surface area contributed by atoms with Crippen molar-refractivity contribution in [2.24, 2.45) is 5.41 Å². The Balaban J connectivity index is 2.05. The zero-order valence-electron chi connectivity index (χ0n) is 10.8. The summed E-state index contributed by atoms with van der Waals surface area (Å²) in [4.78, 5) is 2.65. The number of likely N-dealkylation sites (tertiary alicyclic amines) is 1. The Bertz CT molecular complexity index is 166. The van der Waals surface area contributed by atoms with Crippen LogP contribution in [0.2, 0.25) is 0 Å². The molecule has 0 atom stereocenters. The van der Waals surface area contributed by atoms with Crippen LogP contribution in [0.15, 0.2) is 0 Å². The second kappa shape index (κ2) is 6.49. The molecule has 0 aromatic heterocycles. The van der Waals surface area contributed by atoms with Crippen molar-refractivity contribution in [3.63, 3.8) is 0 Å². The van der Waals surface area contributed by atoms with Gasteiger partial charge >= 0.3 is 0 Å². The van der Waals surface area contributed by atoms with Gasteiger partial charge in [0.05, 0.1) is 0 Å². The van der Waals surface area contributed by atoms with Crippen LogP contribution < -0.4 is 5.32 Å². The number of hydrogen-bond donors (Lipinski definition) is 1. The molecule has 0 aromatic rings. The number of rotatable bonds is 6. The lowest BCUT2D eigenvalue weighted by atomic mass is 9.84. The summed E-state index contributed by atoms with van der Waals surface area (Å²) >= 11 is 0. The molecule has 1 rings (SSSR count). The first-order chi connectivity index (χ1) is 7.14. The predicted molar refractivity (Wildman–Crippen MR) is 67.2 cm³/mol. The van der Waals surface area contributed by atoms with Gasteiger partial charge in [-0.3, -0.25) is 0 Å². The van der Waals surface area contributed by atoms with Crippen molar-refractivity contribution in [3.8, 4) is 0 Å². The largest absolute Gasteiger partial charge is 0.317 e. The fourth-order valence-corrected chi connectivity index (χ4v) is 2.50. The Labute approximate surface area is 95.4 Å². The van der Waals surface area contributed by atoms with Crippen molar-refractivity contribution in [2.45, 2.75) is 46.5 Å². The average Bonchev–Trinajstić information content (AvgIpc) is 2.16. The summed E-state index contributed by atoms with van der Waals surface area (Å²) in [6.07, 6.45) is 5.47. The van der Waals surface area contributed by atoms with Crippen molar-refractivity contribution in [1.29, 1.82) is 0 Å². The molecule has 0 bridgehead atoms. The van der Waals surface area contributed by atoms with Gasteiger partial charge in [0.2, 0.25) is 0 Å². The lowest BCUT2D eigenvalue weighted by Crippen LogP contribution is -2.40. The molecule has 0 unspecified atom stereocenters. The third-order valence-electron chi connectivity index (χ3n) is 3.31. The zero-order valence-corrected chi connectivity index (χ0v) is 10.8. The summed E-state index contributed by atoms with van der Waals surface area (Å²) in [7, 11) is 0. The highest BCUT2D eigenvalue weighted by Gasteiger charge is 2.25. The van der Waals surface area contributed by atoms with E-state index in [1.807, 2.05) is 0 Å². The lowest BCUT2D eigenvalue weighted by Gasteiger charge is -2.38. The van der Waals surface area contributed by atoms with Crippen molar-refractivity contribution >= 4 is 0 Å². The Morgan fingerprint density at radius 1 is 1.27 bits per heavy atom. The van der Waals surface area contributed by atoms with Crippen LogP contribution in [-0.4, -0.2) is 37.6 Å². The maximum Gasteiger partial charge on any atom is 0.00327 e. The van der Waals surface area contributed by atoms with E-state index in [1.165, 1.54) is 51.9 Å². The average molecular weight is 212 g/mol. The first kappa shape index (κ1) is 13.0. The Morgan fingerprint density at radius 2 is 2.07 bits per heavy atom. The third kappa shape index (κ3) is 5.53. The molecule has 1 saturated heterocycles. The molecule has 2 nitrogen and oxygen atoms in total. The van der Waals surface area contributed by atoms with Gasteiger partial charge in [0.25, 0.3) is 0 Å². The summed E-state index contributed by atoms with van der Waals surface area (Å²) in [5.74, 6) is 0. The van der Waals surface area contributed by atoms with Crippen LogP contribution in [0, 0.1) is 5.41 Å². The topological polar surface area (TPSA) is 15.3 Å². The van der Waals surface area contributed by atoms with Crippen molar-refractivity contribution in [2.75, 3.05) is 32.7 Å². The number of nitrogens with one attached hydrogen (secondary N) is 1. The molecule has 2 heteroatoms. The fraction of sp³-hybridized carbons (Fsp3) is 1.00. The Morgan fingerprint density at radius 3 is 2.73 bits per heavy atom. The van der Waals surface area contributed by atoms with Crippen LogP contribution in [0.25, 0.3) is 0 Å². The highest BCUT2D eigenvalue weighted by Crippen LogP contribution is 2.28. The molecule has 1 aliphatic rings.